The van der Waals surface area contributed by atoms with Crippen LogP contribution in [0.15, 0.2) is 22.7 Å². The second kappa shape index (κ2) is 5.85. The van der Waals surface area contributed by atoms with Crippen LogP contribution in [0, 0.1) is 11.6 Å². The smallest absolute Gasteiger partial charge is 0.228 e. The lowest BCUT2D eigenvalue weighted by atomic mass is 10.2. The fourth-order valence-electron chi connectivity index (χ4n) is 1.64. The summed E-state index contributed by atoms with van der Waals surface area (Å²) in [6.45, 7) is 0.353. The van der Waals surface area contributed by atoms with E-state index in [1.165, 1.54) is 7.11 Å². The van der Waals surface area contributed by atoms with Gasteiger partial charge in [0.25, 0.3) is 0 Å². The number of rotatable bonds is 5. The molecule has 1 aromatic carbocycles. The molecule has 0 aliphatic rings. The largest absolute Gasteiger partial charge is 0.383 e. The molecule has 0 aliphatic heterocycles. The van der Waals surface area contributed by atoms with Crippen molar-refractivity contribution in [2.24, 2.45) is 5.73 Å². The molecular formula is C12H13F2N3O2. The lowest BCUT2D eigenvalue weighted by Gasteiger charge is -2.05. The molecule has 19 heavy (non-hydrogen) atoms. The fourth-order valence-corrected chi connectivity index (χ4v) is 1.64. The predicted molar refractivity (Wildman–Crippen MR) is 63.2 cm³/mol. The Balaban J connectivity index is 2.16. The number of nitrogens with two attached hydrogens (primary N) is 1. The molecule has 2 N–H and O–H groups in total. The molecule has 0 radical (unpaired) electrons. The molecular weight excluding hydrogens is 256 g/mol. The summed E-state index contributed by atoms with van der Waals surface area (Å²) in [7, 11) is 1.54. The Morgan fingerprint density at radius 3 is 2.63 bits per heavy atom. The minimum Gasteiger partial charge on any atom is -0.383 e. The molecule has 1 aromatic heterocycles. The number of ether oxygens (including phenoxy) is 1. The van der Waals surface area contributed by atoms with E-state index < -0.39 is 11.6 Å². The summed E-state index contributed by atoms with van der Waals surface area (Å²) >= 11 is 0. The van der Waals surface area contributed by atoms with E-state index in [1.807, 2.05) is 0 Å². The molecule has 0 bridgehead atoms. The van der Waals surface area contributed by atoms with Crippen LogP contribution in [0.5, 0.6) is 0 Å². The first-order valence-corrected chi connectivity index (χ1v) is 5.62. The Kier molecular flexibility index (Phi) is 4.18. The zero-order valence-electron chi connectivity index (χ0n) is 10.3. The second-order valence-electron chi connectivity index (χ2n) is 4.09. The van der Waals surface area contributed by atoms with Gasteiger partial charge in [0.1, 0.15) is 11.6 Å². The van der Waals surface area contributed by atoms with Gasteiger partial charge in [-0.1, -0.05) is 5.16 Å². The van der Waals surface area contributed by atoms with E-state index in [9.17, 15) is 8.78 Å². The molecule has 5 nitrogen and oxygen atoms in total. The van der Waals surface area contributed by atoms with Gasteiger partial charge in [-0.25, -0.2) is 8.78 Å². The first-order chi connectivity index (χ1) is 9.08. The summed E-state index contributed by atoms with van der Waals surface area (Å²) in [5.74, 6) is -0.975. The molecule has 0 spiro atoms. The Morgan fingerprint density at radius 2 is 2.00 bits per heavy atom. The highest BCUT2D eigenvalue weighted by Crippen LogP contribution is 2.19. The van der Waals surface area contributed by atoms with Crippen LogP contribution in [0.25, 0.3) is 11.4 Å². The molecule has 1 atom stereocenters. The van der Waals surface area contributed by atoms with E-state index in [0.29, 0.717) is 18.9 Å². The molecule has 0 amide bonds. The maximum atomic E-state index is 13.1. The van der Waals surface area contributed by atoms with Crippen molar-refractivity contribution in [3.8, 4) is 11.4 Å². The van der Waals surface area contributed by atoms with Gasteiger partial charge in [-0.15, -0.1) is 0 Å². The molecule has 0 fully saturated rings. The van der Waals surface area contributed by atoms with Crippen molar-refractivity contribution in [3.63, 3.8) is 0 Å². The van der Waals surface area contributed by atoms with Gasteiger partial charge < -0.3 is 15.0 Å². The number of nitrogens with zero attached hydrogens (tertiary/aromatic N) is 2. The van der Waals surface area contributed by atoms with Crippen molar-refractivity contribution in [1.29, 1.82) is 0 Å². The summed E-state index contributed by atoms with van der Waals surface area (Å²) < 4.78 is 36.0. The predicted octanol–water partition coefficient (Wildman–Crippen LogP) is 1.53. The number of hydrogen-bond donors (Lipinski definition) is 1. The lowest BCUT2D eigenvalue weighted by Crippen LogP contribution is -2.28. The van der Waals surface area contributed by atoms with E-state index >= 15 is 0 Å². The van der Waals surface area contributed by atoms with Crippen molar-refractivity contribution in [3.05, 3.63) is 35.7 Å². The lowest BCUT2D eigenvalue weighted by molar-refractivity contribution is 0.176. The average molecular weight is 269 g/mol. The van der Waals surface area contributed by atoms with Gasteiger partial charge in [0.2, 0.25) is 11.7 Å². The molecule has 1 unspecified atom stereocenters. The third kappa shape index (κ3) is 3.55. The summed E-state index contributed by atoms with van der Waals surface area (Å²) in [4.78, 5) is 4.04. The zero-order valence-corrected chi connectivity index (χ0v) is 10.3. The van der Waals surface area contributed by atoms with Crippen LogP contribution in [0.3, 0.4) is 0 Å². The highest BCUT2D eigenvalue weighted by atomic mass is 19.1. The van der Waals surface area contributed by atoms with Gasteiger partial charge in [0, 0.05) is 31.2 Å². The van der Waals surface area contributed by atoms with Crippen molar-refractivity contribution in [1.82, 2.24) is 10.1 Å². The standard InChI is InChI=1S/C12H13F2N3O2/c1-18-6-10(15)5-11-16-12(17-19-11)7-2-8(13)4-9(14)3-7/h2-4,10H,5-6,15H2,1H3. The van der Waals surface area contributed by atoms with Gasteiger partial charge >= 0.3 is 0 Å². The van der Waals surface area contributed by atoms with E-state index in [-0.39, 0.29) is 17.4 Å². The summed E-state index contributed by atoms with van der Waals surface area (Å²) in [5, 5.41) is 3.67. The first-order valence-electron chi connectivity index (χ1n) is 5.62. The van der Waals surface area contributed by atoms with Gasteiger partial charge in [0.05, 0.1) is 6.61 Å². The van der Waals surface area contributed by atoms with Crippen LogP contribution >= 0.6 is 0 Å². The maximum absolute atomic E-state index is 13.1. The van der Waals surface area contributed by atoms with Crippen LogP contribution in [-0.2, 0) is 11.2 Å². The molecule has 1 heterocycles. The van der Waals surface area contributed by atoms with Crippen molar-refractivity contribution >= 4 is 0 Å². The van der Waals surface area contributed by atoms with E-state index in [4.69, 9.17) is 15.0 Å². The topological polar surface area (TPSA) is 74.2 Å². The van der Waals surface area contributed by atoms with Crippen LogP contribution in [0.4, 0.5) is 8.78 Å². The van der Waals surface area contributed by atoms with E-state index in [1.54, 1.807) is 0 Å². The summed E-state index contributed by atoms with van der Waals surface area (Å²) in [6, 6.07) is 2.76. The van der Waals surface area contributed by atoms with Crippen molar-refractivity contribution in [2.75, 3.05) is 13.7 Å². The van der Waals surface area contributed by atoms with Crippen molar-refractivity contribution < 1.29 is 18.0 Å². The minimum atomic E-state index is -0.697. The first kappa shape index (κ1) is 13.6. The molecule has 0 saturated carbocycles. The Bertz CT molecular complexity index is 539. The average Bonchev–Trinajstić information content (AvgIpc) is 2.76. The Labute approximate surface area is 108 Å². The quantitative estimate of drug-likeness (QED) is 0.891. The summed E-state index contributed by atoms with van der Waals surface area (Å²) in [6.07, 6.45) is 0.332. The van der Waals surface area contributed by atoms with Crippen LogP contribution in [-0.4, -0.2) is 29.9 Å². The van der Waals surface area contributed by atoms with Crippen LogP contribution in [0.2, 0.25) is 0 Å². The maximum Gasteiger partial charge on any atom is 0.228 e. The molecule has 2 rings (SSSR count). The second-order valence-corrected chi connectivity index (χ2v) is 4.09. The Hall–Kier alpha value is -1.86. The van der Waals surface area contributed by atoms with E-state index in [2.05, 4.69) is 10.1 Å². The molecule has 7 heteroatoms. The minimum absolute atomic E-state index is 0.123. The molecule has 0 saturated heterocycles. The van der Waals surface area contributed by atoms with Gasteiger partial charge in [0.15, 0.2) is 0 Å². The monoisotopic (exact) mass is 269 g/mol. The third-order valence-electron chi connectivity index (χ3n) is 2.41. The van der Waals surface area contributed by atoms with Gasteiger partial charge in [-0.05, 0) is 12.1 Å². The Morgan fingerprint density at radius 1 is 1.32 bits per heavy atom. The van der Waals surface area contributed by atoms with Crippen molar-refractivity contribution in [2.45, 2.75) is 12.5 Å². The number of halogens is 2. The molecule has 2 aromatic rings. The highest BCUT2D eigenvalue weighted by molar-refractivity contribution is 5.54. The summed E-state index contributed by atoms with van der Waals surface area (Å²) in [5.41, 5.74) is 5.96. The number of benzene rings is 1. The fraction of sp³-hybridized carbons (Fsp3) is 0.333. The number of methoxy groups -OCH3 is 1. The van der Waals surface area contributed by atoms with E-state index in [0.717, 1.165) is 18.2 Å². The SMILES string of the molecule is COCC(N)Cc1nc(-c2cc(F)cc(F)c2)no1. The van der Waals surface area contributed by atoms with Gasteiger partial charge in [-0.3, -0.25) is 0 Å². The number of aromatic nitrogens is 2. The highest BCUT2D eigenvalue weighted by Gasteiger charge is 2.13. The van der Waals surface area contributed by atoms with Gasteiger partial charge in [-0.2, -0.15) is 4.98 Å². The molecule has 0 aliphatic carbocycles. The normalized spacial score (nSPS) is 12.6. The van der Waals surface area contributed by atoms with Crippen LogP contribution in [0.1, 0.15) is 5.89 Å². The van der Waals surface area contributed by atoms with Crippen LogP contribution < -0.4 is 5.73 Å². The zero-order chi connectivity index (χ0) is 13.8. The molecule has 102 valence electrons. The third-order valence-corrected chi connectivity index (χ3v) is 2.41. The number of hydrogen-bond acceptors (Lipinski definition) is 5.